The molecule has 0 aliphatic carbocycles. The van der Waals surface area contributed by atoms with Gasteiger partial charge < -0.3 is 19.9 Å². The summed E-state index contributed by atoms with van der Waals surface area (Å²) >= 11 is 0. The highest BCUT2D eigenvalue weighted by Crippen LogP contribution is 2.14. The molecule has 1 aromatic rings. The number of benzene rings is 1. The second kappa shape index (κ2) is 8.15. The number of alkyl halides is 2. The molecule has 0 aliphatic rings. The number of carbonyl (C=O) groups is 2. The summed E-state index contributed by atoms with van der Waals surface area (Å²) in [7, 11) is 1.34. The molecule has 1 aromatic carbocycles. The Morgan fingerprint density at radius 2 is 1.90 bits per heavy atom. The van der Waals surface area contributed by atoms with Crippen molar-refractivity contribution in [2.45, 2.75) is 19.1 Å². The number of halogens is 2. The van der Waals surface area contributed by atoms with E-state index in [0.717, 1.165) is 0 Å². The third kappa shape index (κ3) is 6.17. The number of carbonyl (C=O) groups excluding carboxylic acids is 1. The Labute approximate surface area is 119 Å². The molecule has 0 bridgehead atoms. The van der Waals surface area contributed by atoms with Crippen molar-refractivity contribution in [3.63, 3.8) is 0 Å². The van der Waals surface area contributed by atoms with Crippen LogP contribution in [0.1, 0.15) is 16.8 Å². The van der Waals surface area contributed by atoms with Crippen molar-refractivity contribution >= 4 is 11.9 Å². The lowest BCUT2D eigenvalue weighted by Crippen LogP contribution is -2.34. The molecule has 1 amide bonds. The van der Waals surface area contributed by atoms with Crippen LogP contribution in [-0.4, -0.2) is 43.4 Å². The summed E-state index contributed by atoms with van der Waals surface area (Å²) < 4.78 is 33.0. The number of rotatable bonds is 8. The van der Waals surface area contributed by atoms with Gasteiger partial charge in [-0.2, -0.15) is 8.78 Å². The number of hydrogen-bond acceptors (Lipinski definition) is 4. The minimum Gasteiger partial charge on any atom is -0.481 e. The van der Waals surface area contributed by atoms with E-state index in [1.165, 1.54) is 31.4 Å². The van der Waals surface area contributed by atoms with Crippen molar-refractivity contribution in [1.29, 1.82) is 0 Å². The van der Waals surface area contributed by atoms with Crippen molar-refractivity contribution in [1.82, 2.24) is 5.32 Å². The average molecular weight is 303 g/mol. The molecule has 1 atom stereocenters. The number of nitrogens with one attached hydrogen (secondary N) is 1. The minimum absolute atomic E-state index is 0.0247. The van der Waals surface area contributed by atoms with Crippen molar-refractivity contribution in [3.05, 3.63) is 29.8 Å². The van der Waals surface area contributed by atoms with Gasteiger partial charge in [0.15, 0.2) is 0 Å². The molecule has 8 heteroatoms. The molecule has 2 N–H and O–H groups in total. The summed E-state index contributed by atoms with van der Waals surface area (Å²) in [6, 6.07) is 5.14. The average Bonchev–Trinajstić information content (AvgIpc) is 2.42. The first kappa shape index (κ1) is 16.8. The smallest absolute Gasteiger partial charge is 0.387 e. The second-order valence-electron chi connectivity index (χ2n) is 4.07. The Kier molecular flexibility index (Phi) is 6.54. The summed E-state index contributed by atoms with van der Waals surface area (Å²) in [6.45, 7) is -2.90. The Morgan fingerprint density at radius 3 is 2.38 bits per heavy atom. The third-order valence-electron chi connectivity index (χ3n) is 2.57. The van der Waals surface area contributed by atoms with Crippen LogP contribution >= 0.6 is 0 Å². The molecule has 0 heterocycles. The first-order valence-corrected chi connectivity index (χ1v) is 6.00. The van der Waals surface area contributed by atoms with Crippen molar-refractivity contribution < 1.29 is 33.0 Å². The number of methoxy groups -OCH3 is 1. The third-order valence-corrected chi connectivity index (χ3v) is 2.57. The summed E-state index contributed by atoms with van der Waals surface area (Å²) in [5, 5.41) is 11.1. The van der Waals surface area contributed by atoms with Crippen LogP contribution < -0.4 is 10.1 Å². The lowest BCUT2D eigenvalue weighted by Gasteiger charge is -2.14. The summed E-state index contributed by atoms with van der Waals surface area (Å²) in [5.74, 6) is -1.56. The van der Waals surface area contributed by atoms with Gasteiger partial charge in [0.25, 0.3) is 5.91 Å². The van der Waals surface area contributed by atoms with E-state index in [1.807, 2.05) is 0 Å². The van der Waals surface area contributed by atoms with Gasteiger partial charge in [0, 0.05) is 19.2 Å². The van der Waals surface area contributed by atoms with Crippen LogP contribution in [0.5, 0.6) is 5.75 Å². The van der Waals surface area contributed by atoms with Gasteiger partial charge in [-0.15, -0.1) is 0 Å². The van der Waals surface area contributed by atoms with Gasteiger partial charge in [0.2, 0.25) is 0 Å². The molecule has 1 rings (SSSR count). The number of aliphatic carboxylic acids is 1. The summed E-state index contributed by atoms with van der Waals surface area (Å²) in [6.07, 6.45) is -0.884. The first-order valence-electron chi connectivity index (χ1n) is 6.00. The van der Waals surface area contributed by atoms with E-state index in [4.69, 9.17) is 9.84 Å². The zero-order valence-corrected chi connectivity index (χ0v) is 11.2. The van der Waals surface area contributed by atoms with E-state index < -0.39 is 24.6 Å². The fourth-order valence-corrected chi connectivity index (χ4v) is 1.53. The molecule has 0 saturated heterocycles. The van der Waals surface area contributed by atoms with Crippen molar-refractivity contribution in [3.8, 4) is 5.75 Å². The Hall–Kier alpha value is -2.22. The molecule has 0 fully saturated rings. The predicted octanol–water partition coefficient (Wildman–Crippen LogP) is 1.51. The molecule has 0 spiro atoms. The highest BCUT2D eigenvalue weighted by Gasteiger charge is 2.14. The molecule has 0 saturated carbocycles. The normalized spacial score (nSPS) is 12.0. The quantitative estimate of drug-likeness (QED) is 0.760. The van der Waals surface area contributed by atoms with Gasteiger partial charge in [-0.05, 0) is 24.3 Å². The Morgan fingerprint density at radius 1 is 1.29 bits per heavy atom. The maximum Gasteiger partial charge on any atom is 0.387 e. The van der Waals surface area contributed by atoms with Crippen LogP contribution in [0.2, 0.25) is 0 Å². The highest BCUT2D eigenvalue weighted by molar-refractivity contribution is 5.94. The molecule has 1 unspecified atom stereocenters. The van der Waals surface area contributed by atoms with Gasteiger partial charge >= 0.3 is 12.6 Å². The fraction of sp³-hybridized carbons (Fsp3) is 0.385. The van der Waals surface area contributed by atoms with Crippen LogP contribution in [-0.2, 0) is 9.53 Å². The number of carboxylic acid groups (broad SMARTS) is 1. The van der Waals surface area contributed by atoms with Crippen LogP contribution in [0, 0.1) is 0 Å². The Balaban J connectivity index is 2.53. The molecule has 21 heavy (non-hydrogen) atoms. The summed E-state index contributed by atoms with van der Waals surface area (Å²) in [4.78, 5) is 22.3. The van der Waals surface area contributed by atoms with E-state index in [2.05, 4.69) is 10.1 Å². The molecule has 0 aromatic heterocycles. The predicted molar refractivity (Wildman–Crippen MR) is 68.5 cm³/mol. The van der Waals surface area contributed by atoms with Crippen LogP contribution in [0.4, 0.5) is 8.78 Å². The van der Waals surface area contributed by atoms with E-state index in [1.54, 1.807) is 0 Å². The fourth-order valence-electron chi connectivity index (χ4n) is 1.53. The molecular weight excluding hydrogens is 288 g/mol. The zero-order valence-electron chi connectivity index (χ0n) is 11.2. The van der Waals surface area contributed by atoms with E-state index in [-0.39, 0.29) is 24.3 Å². The standard InChI is InChI=1S/C13H15F2NO5/c1-20-10(6-11(17)18)7-16-12(19)8-2-4-9(5-3-8)21-13(14)15/h2-5,10,13H,6-7H2,1H3,(H,16,19)(H,17,18). The molecule has 0 radical (unpaired) electrons. The SMILES string of the molecule is COC(CNC(=O)c1ccc(OC(F)F)cc1)CC(=O)O. The number of carboxylic acids is 1. The van der Waals surface area contributed by atoms with Gasteiger partial charge in [0.05, 0.1) is 12.5 Å². The molecule has 0 aliphatic heterocycles. The van der Waals surface area contributed by atoms with Gasteiger partial charge in [-0.25, -0.2) is 0 Å². The first-order chi connectivity index (χ1) is 9.92. The topological polar surface area (TPSA) is 84.9 Å². The van der Waals surface area contributed by atoms with Gasteiger partial charge in [-0.3, -0.25) is 9.59 Å². The van der Waals surface area contributed by atoms with Crippen LogP contribution in [0.15, 0.2) is 24.3 Å². The number of amides is 1. The van der Waals surface area contributed by atoms with Crippen LogP contribution in [0.3, 0.4) is 0 Å². The van der Waals surface area contributed by atoms with Gasteiger partial charge in [-0.1, -0.05) is 0 Å². The van der Waals surface area contributed by atoms with E-state index in [9.17, 15) is 18.4 Å². The second-order valence-corrected chi connectivity index (χ2v) is 4.07. The maximum absolute atomic E-state index is 12.0. The van der Waals surface area contributed by atoms with Crippen molar-refractivity contribution in [2.24, 2.45) is 0 Å². The van der Waals surface area contributed by atoms with E-state index >= 15 is 0 Å². The number of hydrogen-bond donors (Lipinski definition) is 2. The van der Waals surface area contributed by atoms with Gasteiger partial charge in [0.1, 0.15) is 5.75 Å². The summed E-state index contributed by atoms with van der Waals surface area (Å²) in [5.41, 5.74) is 0.238. The maximum atomic E-state index is 12.0. The molecule has 6 nitrogen and oxygen atoms in total. The number of ether oxygens (including phenoxy) is 2. The Bertz CT molecular complexity index is 478. The van der Waals surface area contributed by atoms with E-state index in [0.29, 0.717) is 0 Å². The largest absolute Gasteiger partial charge is 0.481 e. The molecular formula is C13H15F2NO5. The molecule has 116 valence electrons. The van der Waals surface area contributed by atoms with Crippen molar-refractivity contribution in [2.75, 3.05) is 13.7 Å². The highest BCUT2D eigenvalue weighted by atomic mass is 19.3. The lowest BCUT2D eigenvalue weighted by molar-refractivity contribution is -0.139. The monoisotopic (exact) mass is 303 g/mol. The van der Waals surface area contributed by atoms with Crippen LogP contribution in [0.25, 0.3) is 0 Å². The minimum atomic E-state index is -2.93. The lowest BCUT2D eigenvalue weighted by atomic mass is 10.2. The zero-order chi connectivity index (χ0) is 15.8.